The summed E-state index contributed by atoms with van der Waals surface area (Å²) in [6.07, 6.45) is -1.26. The molecular formula is C22H23ClFN3O6S. The highest BCUT2D eigenvalue weighted by Gasteiger charge is 2.35. The molecule has 182 valence electrons. The molecule has 1 N–H and O–H groups in total. The fourth-order valence-corrected chi connectivity index (χ4v) is 4.84. The summed E-state index contributed by atoms with van der Waals surface area (Å²) in [5.74, 6) is 0.864. The van der Waals surface area contributed by atoms with E-state index in [0.717, 1.165) is 0 Å². The molecule has 0 radical (unpaired) electrons. The molecule has 0 fully saturated rings. The number of fused-ring (bicyclic) bond motifs is 3. The van der Waals surface area contributed by atoms with E-state index in [2.05, 4.69) is 10.2 Å². The van der Waals surface area contributed by atoms with Crippen LogP contribution in [0, 0.1) is 0 Å². The van der Waals surface area contributed by atoms with Gasteiger partial charge in [-0.15, -0.1) is 10.2 Å². The molecule has 1 aliphatic rings. The largest absolute Gasteiger partial charge is 0.493 e. The Kier molecular flexibility index (Phi) is 7.08. The third-order valence-corrected chi connectivity index (χ3v) is 6.60. The molecule has 0 saturated heterocycles. The number of hydrogen-bond donors (Lipinski definition) is 1. The Hall–Kier alpha value is -2.73. The number of aromatic nitrogens is 3. The van der Waals surface area contributed by atoms with Gasteiger partial charge in [0.1, 0.15) is 18.9 Å². The molecular weight excluding hydrogens is 489 g/mol. The molecule has 2 atom stereocenters. The number of rotatable bonds is 8. The summed E-state index contributed by atoms with van der Waals surface area (Å²) in [5.41, 5.74) is 1.82. The smallest absolute Gasteiger partial charge is 0.264 e. The molecule has 0 aliphatic carbocycles. The van der Waals surface area contributed by atoms with Crippen LogP contribution in [-0.2, 0) is 21.5 Å². The van der Waals surface area contributed by atoms with E-state index in [4.69, 9.17) is 25.8 Å². The average Bonchev–Trinajstić information content (AvgIpc) is 3.18. The molecule has 0 spiro atoms. The van der Waals surface area contributed by atoms with Gasteiger partial charge in [0.15, 0.2) is 23.1 Å². The van der Waals surface area contributed by atoms with Crippen LogP contribution in [0.15, 0.2) is 36.4 Å². The van der Waals surface area contributed by atoms with E-state index in [-0.39, 0.29) is 18.7 Å². The summed E-state index contributed by atoms with van der Waals surface area (Å²) in [6.45, 7) is -0.875. The molecule has 0 unspecified atom stereocenters. The van der Waals surface area contributed by atoms with Crippen LogP contribution in [0.4, 0.5) is 4.39 Å². The normalized spacial score (nSPS) is 17.6. The Bertz CT molecular complexity index is 1300. The molecule has 4 rings (SSSR count). The van der Waals surface area contributed by atoms with Gasteiger partial charge < -0.3 is 14.2 Å². The summed E-state index contributed by atoms with van der Waals surface area (Å²) in [6, 6.07) is 10.5. The Morgan fingerprint density at radius 1 is 1.18 bits per heavy atom. The minimum atomic E-state index is -4.17. The van der Waals surface area contributed by atoms with Crippen molar-refractivity contribution in [2.45, 2.75) is 31.7 Å². The molecule has 2 aromatic carbocycles. The van der Waals surface area contributed by atoms with Crippen molar-refractivity contribution in [3.8, 4) is 17.2 Å². The molecule has 1 aliphatic heterocycles. The van der Waals surface area contributed by atoms with Gasteiger partial charge >= 0.3 is 0 Å². The van der Waals surface area contributed by atoms with Crippen LogP contribution in [0.5, 0.6) is 11.5 Å². The van der Waals surface area contributed by atoms with Crippen LogP contribution in [0.3, 0.4) is 0 Å². The van der Waals surface area contributed by atoms with Crippen LogP contribution in [-0.4, -0.2) is 47.7 Å². The van der Waals surface area contributed by atoms with E-state index >= 15 is 0 Å². The van der Waals surface area contributed by atoms with E-state index in [1.54, 1.807) is 34.9 Å². The van der Waals surface area contributed by atoms with E-state index in [9.17, 15) is 17.4 Å². The van der Waals surface area contributed by atoms with Crippen molar-refractivity contribution in [2.24, 2.45) is 0 Å². The van der Waals surface area contributed by atoms with Crippen LogP contribution in [0.25, 0.3) is 5.69 Å². The molecule has 12 heteroatoms. The first-order valence-corrected chi connectivity index (χ1v) is 12.4. The molecule has 3 aromatic rings. The molecule has 0 bridgehead atoms. The maximum Gasteiger partial charge on any atom is 0.264 e. The highest BCUT2D eigenvalue weighted by molar-refractivity contribution is 7.85. The number of para-hydroxylation sites is 1. The maximum absolute atomic E-state index is 13.9. The molecule has 0 amide bonds. The van der Waals surface area contributed by atoms with Gasteiger partial charge in [-0.2, -0.15) is 8.42 Å². The fourth-order valence-electron chi connectivity index (χ4n) is 4.13. The van der Waals surface area contributed by atoms with Crippen LogP contribution in [0.2, 0.25) is 5.02 Å². The van der Waals surface area contributed by atoms with Gasteiger partial charge in [-0.3, -0.25) is 9.12 Å². The van der Waals surface area contributed by atoms with Crippen LogP contribution >= 0.6 is 11.6 Å². The van der Waals surface area contributed by atoms with Gasteiger partial charge in [-0.05, 0) is 37.1 Å². The lowest BCUT2D eigenvalue weighted by molar-refractivity contribution is -0.00189. The number of alkyl halides is 1. The molecule has 2 heterocycles. The first-order chi connectivity index (χ1) is 16.3. The summed E-state index contributed by atoms with van der Waals surface area (Å²) in [7, 11) is -1.14. The third-order valence-electron chi connectivity index (χ3n) is 5.56. The summed E-state index contributed by atoms with van der Waals surface area (Å²) < 4.78 is 64.8. The van der Waals surface area contributed by atoms with Gasteiger partial charge in [-0.1, -0.05) is 23.7 Å². The summed E-state index contributed by atoms with van der Waals surface area (Å²) in [5, 5.41) is 8.56. The first kappa shape index (κ1) is 24.4. The molecule has 9 nitrogen and oxygen atoms in total. The second kappa shape index (κ2) is 9.87. The summed E-state index contributed by atoms with van der Waals surface area (Å²) >= 11 is 6.34. The Labute approximate surface area is 201 Å². The topological polar surface area (TPSA) is 113 Å². The first-order valence-electron chi connectivity index (χ1n) is 10.4. The zero-order valence-corrected chi connectivity index (χ0v) is 20.0. The Morgan fingerprint density at radius 3 is 2.65 bits per heavy atom. The van der Waals surface area contributed by atoms with E-state index in [1.807, 2.05) is 6.07 Å². The van der Waals surface area contributed by atoms with Crippen LogP contribution < -0.4 is 9.47 Å². The Morgan fingerprint density at radius 2 is 1.97 bits per heavy atom. The van der Waals surface area contributed by atoms with E-state index < -0.39 is 34.8 Å². The van der Waals surface area contributed by atoms with Crippen molar-refractivity contribution in [3.05, 3.63) is 64.2 Å². The molecule has 0 saturated carbocycles. The molecule has 34 heavy (non-hydrogen) atoms. The zero-order chi connectivity index (χ0) is 24.5. The van der Waals surface area contributed by atoms with Crippen molar-refractivity contribution in [2.75, 3.05) is 20.0 Å². The number of ether oxygens (including phenoxy) is 3. The average molecular weight is 512 g/mol. The number of benzene rings is 2. The zero-order valence-electron chi connectivity index (χ0n) is 18.4. The fraction of sp³-hybridized carbons (Fsp3) is 0.364. The van der Waals surface area contributed by atoms with Gasteiger partial charge in [0, 0.05) is 16.1 Å². The lowest BCUT2D eigenvalue weighted by atomic mass is 9.98. The van der Waals surface area contributed by atoms with Crippen molar-refractivity contribution in [1.29, 1.82) is 0 Å². The second-order valence-electron chi connectivity index (χ2n) is 7.66. The van der Waals surface area contributed by atoms with Crippen molar-refractivity contribution >= 4 is 21.7 Å². The number of methoxy groups -OCH3 is 2. The third kappa shape index (κ3) is 4.74. The van der Waals surface area contributed by atoms with Crippen molar-refractivity contribution in [3.63, 3.8) is 0 Å². The number of halogens is 2. The monoisotopic (exact) mass is 511 g/mol. The second-order valence-corrected chi connectivity index (χ2v) is 9.67. The van der Waals surface area contributed by atoms with Gasteiger partial charge in [0.2, 0.25) is 0 Å². The van der Waals surface area contributed by atoms with E-state index in [1.165, 1.54) is 14.2 Å². The Balaban J connectivity index is 1.90. The van der Waals surface area contributed by atoms with Gasteiger partial charge in [-0.25, -0.2) is 4.39 Å². The minimum absolute atomic E-state index is 0.0696. The number of hydrogen-bond acceptors (Lipinski definition) is 7. The maximum atomic E-state index is 13.9. The van der Waals surface area contributed by atoms with Gasteiger partial charge in [0.05, 0.1) is 25.7 Å². The standard InChI is InChI=1S/C22H23ClFN3O6S/c1-31-17-6-3-5-14(21(17)32-2)20-15-11-13(23)8-9-16(15)27-19(12-24)25-26-22(27)18(33-20)7-4-10-34(28,29)30/h3,5-6,8-9,11,18,20H,4,7,10,12H2,1-2H3,(H,28,29,30)/t18-,20-/m1/s1. The lowest BCUT2D eigenvalue weighted by Gasteiger charge is -2.25. The highest BCUT2D eigenvalue weighted by atomic mass is 35.5. The minimum Gasteiger partial charge on any atom is -0.493 e. The van der Waals surface area contributed by atoms with E-state index in [0.29, 0.717) is 39.2 Å². The SMILES string of the molecule is COc1cccc([C@H]2O[C@H](CCCS(=O)(=O)O)c3nnc(CF)n3-c3ccc(Cl)cc32)c1OC. The lowest BCUT2D eigenvalue weighted by Crippen LogP contribution is -2.14. The quantitative estimate of drug-likeness (QED) is 0.447. The predicted molar refractivity (Wildman–Crippen MR) is 122 cm³/mol. The number of nitrogens with zero attached hydrogens (tertiary/aromatic N) is 3. The van der Waals surface area contributed by atoms with Crippen LogP contribution in [0.1, 0.15) is 47.8 Å². The van der Waals surface area contributed by atoms with Crippen molar-refractivity contribution in [1.82, 2.24) is 14.8 Å². The summed E-state index contributed by atoms with van der Waals surface area (Å²) in [4.78, 5) is 0. The highest BCUT2D eigenvalue weighted by Crippen LogP contribution is 2.46. The van der Waals surface area contributed by atoms with Crippen molar-refractivity contribution < 1.29 is 31.6 Å². The predicted octanol–water partition coefficient (Wildman–Crippen LogP) is 4.24. The van der Waals surface area contributed by atoms with Gasteiger partial charge in [0.25, 0.3) is 10.1 Å². The molecule has 1 aromatic heterocycles.